The summed E-state index contributed by atoms with van der Waals surface area (Å²) in [6, 6.07) is 0. The summed E-state index contributed by atoms with van der Waals surface area (Å²) >= 11 is 0. The molecule has 1 amide bonds. The van der Waals surface area contributed by atoms with E-state index in [0.29, 0.717) is 0 Å². The van der Waals surface area contributed by atoms with Crippen LogP contribution in [0.4, 0.5) is 4.79 Å². The SMILES string of the molecule is CCOC(=O)NCC(C)C(=O)O. The van der Waals surface area contributed by atoms with Crippen LogP contribution in [0.5, 0.6) is 0 Å². The molecule has 0 aromatic heterocycles. The van der Waals surface area contributed by atoms with Crippen LogP contribution in [0.3, 0.4) is 0 Å². The third-order valence-electron chi connectivity index (χ3n) is 1.25. The molecule has 5 nitrogen and oxygen atoms in total. The van der Waals surface area contributed by atoms with Crippen LogP contribution in [0.1, 0.15) is 13.8 Å². The number of nitrogens with one attached hydrogen (secondary N) is 1. The van der Waals surface area contributed by atoms with E-state index < -0.39 is 18.0 Å². The summed E-state index contributed by atoms with van der Waals surface area (Å²) in [5, 5.41) is 10.8. The topological polar surface area (TPSA) is 75.6 Å². The number of carbonyl (C=O) groups is 2. The summed E-state index contributed by atoms with van der Waals surface area (Å²) in [5.41, 5.74) is 0. The van der Waals surface area contributed by atoms with E-state index in [0.717, 1.165) is 0 Å². The summed E-state index contributed by atoms with van der Waals surface area (Å²) in [6.07, 6.45) is -0.578. The van der Waals surface area contributed by atoms with Crippen LogP contribution in [-0.4, -0.2) is 30.3 Å². The first kappa shape index (κ1) is 10.7. The highest BCUT2D eigenvalue weighted by Crippen LogP contribution is 1.91. The van der Waals surface area contributed by atoms with Gasteiger partial charge in [0.05, 0.1) is 12.5 Å². The molecule has 0 spiro atoms. The summed E-state index contributed by atoms with van der Waals surface area (Å²) in [7, 11) is 0. The number of ether oxygens (including phenoxy) is 1. The Hall–Kier alpha value is -1.26. The van der Waals surface area contributed by atoms with Crippen molar-refractivity contribution in [1.82, 2.24) is 5.32 Å². The van der Waals surface area contributed by atoms with Gasteiger partial charge in [-0.25, -0.2) is 4.79 Å². The molecule has 1 unspecified atom stereocenters. The van der Waals surface area contributed by atoms with Crippen molar-refractivity contribution in [2.75, 3.05) is 13.2 Å². The number of rotatable bonds is 4. The quantitative estimate of drug-likeness (QED) is 0.650. The van der Waals surface area contributed by atoms with Gasteiger partial charge in [0.1, 0.15) is 0 Å². The Morgan fingerprint density at radius 2 is 2.17 bits per heavy atom. The molecule has 0 radical (unpaired) electrons. The molecule has 0 aliphatic carbocycles. The van der Waals surface area contributed by atoms with Crippen molar-refractivity contribution in [2.24, 2.45) is 5.92 Å². The van der Waals surface area contributed by atoms with E-state index in [4.69, 9.17) is 5.11 Å². The van der Waals surface area contributed by atoms with Gasteiger partial charge in [-0.2, -0.15) is 0 Å². The van der Waals surface area contributed by atoms with Gasteiger partial charge >= 0.3 is 12.1 Å². The van der Waals surface area contributed by atoms with Crippen molar-refractivity contribution in [2.45, 2.75) is 13.8 Å². The monoisotopic (exact) mass is 175 g/mol. The van der Waals surface area contributed by atoms with Crippen molar-refractivity contribution >= 4 is 12.1 Å². The molecule has 0 aromatic carbocycles. The van der Waals surface area contributed by atoms with Crippen LogP contribution >= 0.6 is 0 Å². The van der Waals surface area contributed by atoms with Crippen LogP contribution in [-0.2, 0) is 9.53 Å². The van der Waals surface area contributed by atoms with Crippen molar-refractivity contribution in [1.29, 1.82) is 0 Å². The fourth-order valence-corrected chi connectivity index (χ4v) is 0.506. The molecule has 12 heavy (non-hydrogen) atoms. The van der Waals surface area contributed by atoms with Crippen molar-refractivity contribution in [3.05, 3.63) is 0 Å². The molecular formula is C7H13NO4. The van der Waals surface area contributed by atoms with Gasteiger partial charge in [0.25, 0.3) is 0 Å². The number of hydrogen-bond acceptors (Lipinski definition) is 3. The summed E-state index contributed by atoms with van der Waals surface area (Å²) < 4.78 is 4.53. The predicted molar refractivity (Wildman–Crippen MR) is 41.8 cm³/mol. The van der Waals surface area contributed by atoms with E-state index in [1.807, 2.05) is 0 Å². The lowest BCUT2D eigenvalue weighted by atomic mass is 10.2. The molecule has 0 heterocycles. The Labute approximate surface area is 70.7 Å². The standard InChI is InChI=1S/C7H13NO4/c1-3-12-7(11)8-4-5(2)6(9)10/h5H,3-4H2,1-2H3,(H,8,11)(H,9,10). The van der Waals surface area contributed by atoms with Gasteiger partial charge in [0.2, 0.25) is 0 Å². The smallest absolute Gasteiger partial charge is 0.407 e. The van der Waals surface area contributed by atoms with Gasteiger partial charge in [-0.3, -0.25) is 4.79 Å². The van der Waals surface area contributed by atoms with Crippen LogP contribution in [0, 0.1) is 5.92 Å². The second kappa shape index (κ2) is 5.40. The number of carboxylic acid groups (broad SMARTS) is 1. The third kappa shape index (κ3) is 4.54. The minimum atomic E-state index is -0.938. The zero-order chi connectivity index (χ0) is 9.56. The van der Waals surface area contributed by atoms with Crippen molar-refractivity contribution in [3.63, 3.8) is 0 Å². The van der Waals surface area contributed by atoms with E-state index in [1.165, 1.54) is 6.92 Å². The second-order valence-corrected chi connectivity index (χ2v) is 2.34. The van der Waals surface area contributed by atoms with Crippen LogP contribution in [0.25, 0.3) is 0 Å². The maximum atomic E-state index is 10.6. The molecule has 0 aromatic rings. The molecule has 0 aliphatic heterocycles. The summed E-state index contributed by atoms with van der Waals surface area (Å²) in [4.78, 5) is 20.9. The van der Waals surface area contributed by atoms with Crippen LogP contribution in [0.2, 0.25) is 0 Å². The first-order valence-electron chi connectivity index (χ1n) is 3.71. The number of amides is 1. The number of carboxylic acids is 1. The van der Waals surface area contributed by atoms with Gasteiger partial charge in [0, 0.05) is 6.54 Å². The average Bonchev–Trinajstić information content (AvgIpc) is 2.00. The molecule has 0 rings (SSSR count). The second-order valence-electron chi connectivity index (χ2n) is 2.34. The maximum absolute atomic E-state index is 10.6. The minimum absolute atomic E-state index is 0.0914. The zero-order valence-electron chi connectivity index (χ0n) is 7.16. The fourth-order valence-electron chi connectivity index (χ4n) is 0.506. The van der Waals surface area contributed by atoms with Gasteiger partial charge in [0.15, 0.2) is 0 Å². The first-order chi connectivity index (χ1) is 5.57. The largest absolute Gasteiger partial charge is 0.481 e. The third-order valence-corrected chi connectivity index (χ3v) is 1.25. The van der Waals surface area contributed by atoms with Crippen LogP contribution in [0.15, 0.2) is 0 Å². The summed E-state index contributed by atoms with van der Waals surface area (Å²) in [6.45, 7) is 3.57. The molecule has 0 saturated carbocycles. The summed E-state index contributed by atoms with van der Waals surface area (Å²) in [5.74, 6) is -1.53. The Bertz CT molecular complexity index is 169. The lowest BCUT2D eigenvalue weighted by molar-refractivity contribution is -0.140. The fraction of sp³-hybridized carbons (Fsp3) is 0.714. The van der Waals surface area contributed by atoms with E-state index in [2.05, 4.69) is 10.1 Å². The Balaban J connectivity index is 3.54. The number of aliphatic carboxylic acids is 1. The van der Waals surface area contributed by atoms with Crippen molar-refractivity contribution < 1.29 is 19.4 Å². The van der Waals surface area contributed by atoms with E-state index in [-0.39, 0.29) is 13.2 Å². The maximum Gasteiger partial charge on any atom is 0.407 e. The normalized spacial score (nSPS) is 11.8. The molecule has 0 saturated heterocycles. The molecule has 0 bridgehead atoms. The number of alkyl carbamates (subject to hydrolysis) is 1. The lowest BCUT2D eigenvalue weighted by Crippen LogP contribution is -2.31. The molecule has 70 valence electrons. The Morgan fingerprint density at radius 3 is 2.58 bits per heavy atom. The first-order valence-corrected chi connectivity index (χ1v) is 3.71. The zero-order valence-corrected chi connectivity index (χ0v) is 7.16. The molecule has 0 aliphatic rings. The van der Waals surface area contributed by atoms with Gasteiger partial charge < -0.3 is 15.2 Å². The van der Waals surface area contributed by atoms with Crippen molar-refractivity contribution in [3.8, 4) is 0 Å². The highest BCUT2D eigenvalue weighted by atomic mass is 16.5. The highest BCUT2D eigenvalue weighted by molar-refractivity contribution is 5.72. The number of hydrogen-bond donors (Lipinski definition) is 2. The van der Waals surface area contributed by atoms with E-state index in [1.54, 1.807) is 6.92 Å². The molecule has 0 fully saturated rings. The number of carbonyl (C=O) groups excluding carboxylic acids is 1. The molecule has 2 N–H and O–H groups in total. The molecule has 5 heteroatoms. The average molecular weight is 175 g/mol. The lowest BCUT2D eigenvalue weighted by Gasteiger charge is -2.07. The Morgan fingerprint density at radius 1 is 1.58 bits per heavy atom. The molecular weight excluding hydrogens is 162 g/mol. The van der Waals surface area contributed by atoms with E-state index >= 15 is 0 Å². The van der Waals surface area contributed by atoms with Gasteiger partial charge in [-0.15, -0.1) is 0 Å². The van der Waals surface area contributed by atoms with Gasteiger partial charge in [-0.1, -0.05) is 6.92 Å². The Kier molecular flexibility index (Phi) is 4.83. The van der Waals surface area contributed by atoms with Gasteiger partial charge in [-0.05, 0) is 6.92 Å². The minimum Gasteiger partial charge on any atom is -0.481 e. The van der Waals surface area contributed by atoms with Crippen LogP contribution < -0.4 is 5.32 Å². The van der Waals surface area contributed by atoms with E-state index in [9.17, 15) is 9.59 Å². The highest BCUT2D eigenvalue weighted by Gasteiger charge is 2.11. The molecule has 1 atom stereocenters. The predicted octanol–water partition coefficient (Wildman–Crippen LogP) is 0.453.